The highest BCUT2D eigenvalue weighted by Crippen LogP contribution is 2.10. The van der Waals surface area contributed by atoms with Crippen LogP contribution in [0.1, 0.15) is 16.9 Å². The van der Waals surface area contributed by atoms with Crippen LogP contribution in [-0.2, 0) is 12.8 Å². The molecule has 1 aromatic heterocycles. The molecule has 0 aliphatic carbocycles. The Labute approximate surface area is 99.7 Å². The number of nitrogens with zero attached hydrogens (tertiary/aromatic N) is 1. The van der Waals surface area contributed by atoms with E-state index in [2.05, 4.69) is 5.18 Å². The summed E-state index contributed by atoms with van der Waals surface area (Å²) in [6.07, 6.45) is 6.47. The number of furan rings is 1. The molecule has 2 rings (SSSR count). The number of aryl methyl sites for hydroxylation is 2. The second-order valence-electron chi connectivity index (χ2n) is 3.74. The van der Waals surface area contributed by atoms with Crippen LogP contribution >= 0.6 is 0 Å². The van der Waals surface area contributed by atoms with Gasteiger partial charge in [-0.3, -0.25) is 0 Å². The Kier molecular flexibility index (Phi) is 3.86. The Hall–Kier alpha value is -2.16. The summed E-state index contributed by atoms with van der Waals surface area (Å²) in [4.78, 5) is 9.93. The van der Waals surface area contributed by atoms with Crippen LogP contribution in [0.4, 0.5) is 0 Å². The molecule has 0 fully saturated rings. The molecule has 0 amide bonds. The van der Waals surface area contributed by atoms with Gasteiger partial charge in [0.25, 0.3) is 0 Å². The number of nitroso groups, excluding NO2 is 1. The zero-order chi connectivity index (χ0) is 11.9. The van der Waals surface area contributed by atoms with Crippen LogP contribution in [-0.4, -0.2) is 0 Å². The van der Waals surface area contributed by atoms with Gasteiger partial charge >= 0.3 is 0 Å². The van der Waals surface area contributed by atoms with E-state index in [4.69, 9.17) is 4.42 Å². The summed E-state index contributed by atoms with van der Waals surface area (Å²) < 4.78 is 5.27. The van der Waals surface area contributed by atoms with Crippen molar-refractivity contribution in [3.63, 3.8) is 0 Å². The van der Waals surface area contributed by atoms with Gasteiger partial charge in [0.15, 0.2) is 0 Å². The minimum Gasteiger partial charge on any atom is -0.469 e. The lowest BCUT2D eigenvalue weighted by atomic mass is 10.1. The monoisotopic (exact) mass is 227 g/mol. The van der Waals surface area contributed by atoms with E-state index >= 15 is 0 Å². The maximum atomic E-state index is 9.93. The van der Waals surface area contributed by atoms with E-state index in [1.165, 1.54) is 11.8 Å². The zero-order valence-corrected chi connectivity index (χ0v) is 9.37. The van der Waals surface area contributed by atoms with E-state index in [0.717, 1.165) is 24.2 Å². The molecule has 3 nitrogen and oxygen atoms in total. The summed E-state index contributed by atoms with van der Waals surface area (Å²) in [5.41, 5.74) is 2.23. The van der Waals surface area contributed by atoms with Crippen LogP contribution in [0.25, 0.3) is 6.08 Å². The Balaban J connectivity index is 1.94. The standard InChI is InChI=1S/C14H13NO2/c16-15-10-9-13-5-3-12(4-6-13)7-8-14-2-1-11-17-14/h1-6,9-11H,7-8H2/b10-9+. The molecule has 1 aromatic carbocycles. The van der Waals surface area contributed by atoms with Gasteiger partial charge in [-0.25, -0.2) is 0 Å². The minimum absolute atomic E-state index is 0.901. The van der Waals surface area contributed by atoms with Crippen molar-refractivity contribution in [1.29, 1.82) is 0 Å². The van der Waals surface area contributed by atoms with E-state index in [9.17, 15) is 4.91 Å². The quantitative estimate of drug-likeness (QED) is 0.729. The minimum atomic E-state index is 0.901. The fourth-order valence-electron chi connectivity index (χ4n) is 1.63. The van der Waals surface area contributed by atoms with Gasteiger partial charge in [-0.1, -0.05) is 24.3 Å². The van der Waals surface area contributed by atoms with Crippen molar-refractivity contribution in [2.45, 2.75) is 12.8 Å². The first kappa shape index (κ1) is 11.3. The predicted molar refractivity (Wildman–Crippen MR) is 67.4 cm³/mol. The first-order chi connectivity index (χ1) is 8.38. The van der Waals surface area contributed by atoms with Crippen molar-refractivity contribution >= 4 is 6.08 Å². The summed E-state index contributed by atoms with van der Waals surface area (Å²) in [6.45, 7) is 0. The molecular formula is C14H13NO2. The van der Waals surface area contributed by atoms with Gasteiger partial charge in [0.1, 0.15) is 5.76 Å². The van der Waals surface area contributed by atoms with Crippen molar-refractivity contribution in [2.24, 2.45) is 5.18 Å². The van der Waals surface area contributed by atoms with E-state index < -0.39 is 0 Å². The average Bonchev–Trinajstić information content (AvgIpc) is 2.88. The van der Waals surface area contributed by atoms with Crippen molar-refractivity contribution in [2.75, 3.05) is 0 Å². The van der Waals surface area contributed by atoms with Crippen molar-refractivity contribution < 1.29 is 4.42 Å². The topological polar surface area (TPSA) is 42.6 Å². The molecule has 0 radical (unpaired) electrons. The van der Waals surface area contributed by atoms with Crippen molar-refractivity contribution in [3.8, 4) is 0 Å². The van der Waals surface area contributed by atoms with Crippen LogP contribution in [0.15, 0.2) is 58.5 Å². The maximum absolute atomic E-state index is 9.93. The fourth-order valence-corrected chi connectivity index (χ4v) is 1.63. The molecule has 1 heterocycles. The summed E-state index contributed by atoms with van der Waals surface area (Å²) in [5.74, 6) is 0.999. The highest BCUT2D eigenvalue weighted by molar-refractivity contribution is 5.49. The summed E-state index contributed by atoms with van der Waals surface area (Å²) in [7, 11) is 0. The van der Waals surface area contributed by atoms with Gasteiger partial charge < -0.3 is 4.42 Å². The first-order valence-corrected chi connectivity index (χ1v) is 5.49. The van der Waals surface area contributed by atoms with E-state index in [-0.39, 0.29) is 0 Å². The first-order valence-electron chi connectivity index (χ1n) is 5.49. The molecule has 3 heteroatoms. The third-order valence-electron chi connectivity index (χ3n) is 2.55. The SMILES string of the molecule is O=N/C=C/c1ccc(CCc2ccco2)cc1. The maximum Gasteiger partial charge on any atom is 0.104 e. The number of hydrogen-bond donors (Lipinski definition) is 0. The van der Waals surface area contributed by atoms with Crippen molar-refractivity contribution in [1.82, 2.24) is 0 Å². The third kappa shape index (κ3) is 3.41. The van der Waals surface area contributed by atoms with E-state index in [1.54, 1.807) is 12.3 Å². The largest absolute Gasteiger partial charge is 0.469 e. The van der Waals surface area contributed by atoms with Crippen LogP contribution < -0.4 is 0 Å². The van der Waals surface area contributed by atoms with Crippen LogP contribution in [0.5, 0.6) is 0 Å². The third-order valence-corrected chi connectivity index (χ3v) is 2.55. The highest BCUT2D eigenvalue weighted by Gasteiger charge is 1.97. The van der Waals surface area contributed by atoms with Gasteiger partial charge in [0.2, 0.25) is 0 Å². The van der Waals surface area contributed by atoms with Crippen LogP contribution in [0.2, 0.25) is 0 Å². The summed E-state index contributed by atoms with van der Waals surface area (Å²) >= 11 is 0. The summed E-state index contributed by atoms with van der Waals surface area (Å²) in [5, 5.41) is 2.68. The van der Waals surface area contributed by atoms with Gasteiger partial charge in [0.05, 0.1) is 12.5 Å². The van der Waals surface area contributed by atoms with E-state index in [0.29, 0.717) is 0 Å². The average molecular weight is 227 g/mol. The lowest BCUT2D eigenvalue weighted by Gasteiger charge is -2.00. The van der Waals surface area contributed by atoms with Gasteiger partial charge in [-0.2, -0.15) is 0 Å². The smallest absolute Gasteiger partial charge is 0.104 e. The Morgan fingerprint density at radius 2 is 1.94 bits per heavy atom. The van der Waals surface area contributed by atoms with Gasteiger partial charge in [0, 0.05) is 6.42 Å². The fraction of sp³-hybridized carbons (Fsp3) is 0.143. The molecule has 17 heavy (non-hydrogen) atoms. The normalized spacial score (nSPS) is 10.8. The van der Waals surface area contributed by atoms with Gasteiger partial charge in [-0.15, -0.1) is 4.91 Å². The molecule has 2 aromatic rings. The second kappa shape index (κ2) is 5.80. The zero-order valence-electron chi connectivity index (χ0n) is 9.37. The molecule has 0 spiro atoms. The number of rotatable bonds is 5. The molecule has 86 valence electrons. The molecular weight excluding hydrogens is 214 g/mol. The Morgan fingerprint density at radius 1 is 1.12 bits per heavy atom. The van der Waals surface area contributed by atoms with Crippen molar-refractivity contribution in [3.05, 3.63) is 70.7 Å². The van der Waals surface area contributed by atoms with E-state index in [1.807, 2.05) is 36.4 Å². The molecule has 0 atom stereocenters. The molecule has 0 bridgehead atoms. The Bertz CT molecular complexity index is 483. The van der Waals surface area contributed by atoms with Gasteiger partial charge in [-0.05, 0) is 40.9 Å². The Morgan fingerprint density at radius 3 is 2.59 bits per heavy atom. The number of benzene rings is 1. The van der Waals surface area contributed by atoms with Crippen LogP contribution in [0.3, 0.4) is 0 Å². The predicted octanol–water partition coefficient (Wildman–Crippen LogP) is 3.80. The highest BCUT2D eigenvalue weighted by atomic mass is 16.3. The molecule has 0 saturated carbocycles. The molecule has 0 N–H and O–H groups in total. The molecule has 0 aliphatic rings. The second-order valence-corrected chi connectivity index (χ2v) is 3.74. The molecule has 0 aliphatic heterocycles. The summed E-state index contributed by atoms with van der Waals surface area (Å²) in [6, 6.07) is 11.9. The van der Waals surface area contributed by atoms with Crippen LogP contribution in [0, 0.1) is 4.91 Å². The molecule has 0 unspecified atom stereocenters. The lowest BCUT2D eigenvalue weighted by molar-refractivity contribution is 0.508. The molecule has 0 saturated heterocycles. The lowest BCUT2D eigenvalue weighted by Crippen LogP contribution is -1.89. The number of hydrogen-bond acceptors (Lipinski definition) is 3.